The molecule has 0 radical (unpaired) electrons. The van der Waals surface area contributed by atoms with Gasteiger partial charge in [-0.15, -0.1) is 0 Å². The molecule has 24 heavy (non-hydrogen) atoms. The van der Waals surface area contributed by atoms with Crippen LogP contribution in [0, 0.1) is 0 Å². The number of nitrogens with one attached hydrogen (secondary N) is 1. The van der Waals surface area contributed by atoms with Gasteiger partial charge in [-0.3, -0.25) is 4.79 Å². The predicted octanol–water partition coefficient (Wildman–Crippen LogP) is 2.32. The first-order chi connectivity index (χ1) is 11.5. The van der Waals surface area contributed by atoms with Crippen LogP contribution in [-0.4, -0.2) is 31.9 Å². The first-order valence-electron chi connectivity index (χ1n) is 7.82. The number of amides is 1. The molecule has 1 saturated heterocycles. The summed E-state index contributed by atoms with van der Waals surface area (Å²) in [6, 6.07) is 16.5. The van der Waals surface area contributed by atoms with Crippen molar-refractivity contribution in [3.8, 4) is 11.5 Å². The Bertz CT molecular complexity index is 801. The van der Waals surface area contributed by atoms with Gasteiger partial charge in [-0.2, -0.15) is 0 Å². The smallest absolute Gasteiger partial charge is 0.224 e. The van der Waals surface area contributed by atoms with Crippen LogP contribution < -0.4 is 10.1 Å². The van der Waals surface area contributed by atoms with Crippen molar-refractivity contribution >= 4 is 15.7 Å². The summed E-state index contributed by atoms with van der Waals surface area (Å²) in [6.07, 6.45) is 0.722. The number of carbonyl (C=O) groups is 1. The fourth-order valence-electron chi connectivity index (χ4n) is 2.67. The zero-order valence-electron chi connectivity index (χ0n) is 13.1. The molecule has 3 rings (SSSR count). The molecule has 1 amide bonds. The lowest BCUT2D eigenvalue weighted by molar-refractivity contribution is -0.121. The Morgan fingerprint density at radius 2 is 1.71 bits per heavy atom. The zero-order valence-corrected chi connectivity index (χ0v) is 14.0. The van der Waals surface area contributed by atoms with E-state index in [-0.39, 0.29) is 29.9 Å². The summed E-state index contributed by atoms with van der Waals surface area (Å²) < 4.78 is 28.5. The van der Waals surface area contributed by atoms with Crippen LogP contribution in [0.1, 0.15) is 12.0 Å². The standard InChI is InChI=1S/C18H19NO4S/c20-18(19-15-10-11-24(21,22)13-15)12-14-6-8-17(9-7-14)23-16-4-2-1-3-5-16/h1-9,15H,10-13H2,(H,19,20). The number of ether oxygens (including phenoxy) is 1. The Hall–Kier alpha value is -2.34. The average molecular weight is 345 g/mol. The quantitative estimate of drug-likeness (QED) is 0.903. The lowest BCUT2D eigenvalue weighted by atomic mass is 10.1. The van der Waals surface area contributed by atoms with Gasteiger partial charge in [0.05, 0.1) is 17.9 Å². The number of rotatable bonds is 5. The zero-order chi connectivity index (χ0) is 17.0. The largest absolute Gasteiger partial charge is 0.457 e. The summed E-state index contributed by atoms with van der Waals surface area (Å²) in [7, 11) is -2.98. The van der Waals surface area contributed by atoms with Crippen molar-refractivity contribution in [2.24, 2.45) is 0 Å². The molecular weight excluding hydrogens is 326 g/mol. The van der Waals surface area contributed by atoms with E-state index in [0.29, 0.717) is 12.2 Å². The molecule has 2 aromatic rings. The molecular formula is C18H19NO4S. The highest BCUT2D eigenvalue weighted by Gasteiger charge is 2.28. The minimum atomic E-state index is -2.98. The third kappa shape index (κ3) is 4.58. The third-order valence-corrected chi connectivity index (χ3v) is 5.63. The maximum atomic E-state index is 12.0. The van der Waals surface area contributed by atoms with E-state index in [1.54, 1.807) is 0 Å². The van der Waals surface area contributed by atoms with E-state index < -0.39 is 9.84 Å². The maximum Gasteiger partial charge on any atom is 0.224 e. The Morgan fingerprint density at radius 1 is 1.04 bits per heavy atom. The van der Waals surface area contributed by atoms with Crippen LogP contribution in [0.5, 0.6) is 11.5 Å². The molecule has 0 aliphatic carbocycles. The van der Waals surface area contributed by atoms with Gasteiger partial charge in [0.2, 0.25) is 5.91 Å². The minimum Gasteiger partial charge on any atom is -0.457 e. The topological polar surface area (TPSA) is 72.5 Å². The van der Waals surface area contributed by atoms with E-state index in [0.717, 1.165) is 11.3 Å². The monoisotopic (exact) mass is 345 g/mol. The molecule has 1 aliphatic heterocycles. The number of sulfone groups is 1. The maximum absolute atomic E-state index is 12.0. The van der Waals surface area contributed by atoms with Crippen LogP contribution in [0.4, 0.5) is 0 Å². The molecule has 6 heteroatoms. The van der Waals surface area contributed by atoms with Gasteiger partial charge in [-0.05, 0) is 36.2 Å². The van der Waals surface area contributed by atoms with Crippen LogP contribution in [0.3, 0.4) is 0 Å². The number of para-hydroxylation sites is 1. The lowest BCUT2D eigenvalue weighted by Crippen LogP contribution is -2.36. The first kappa shape index (κ1) is 16.5. The van der Waals surface area contributed by atoms with Crippen molar-refractivity contribution in [1.82, 2.24) is 5.32 Å². The highest BCUT2D eigenvalue weighted by Crippen LogP contribution is 2.21. The van der Waals surface area contributed by atoms with Crippen LogP contribution in [0.25, 0.3) is 0 Å². The summed E-state index contributed by atoms with van der Waals surface area (Å²) in [6.45, 7) is 0. The van der Waals surface area contributed by atoms with Crippen LogP contribution >= 0.6 is 0 Å². The predicted molar refractivity (Wildman–Crippen MR) is 91.9 cm³/mol. The Morgan fingerprint density at radius 3 is 2.33 bits per heavy atom. The fraction of sp³-hybridized carbons (Fsp3) is 0.278. The molecule has 0 spiro atoms. The molecule has 5 nitrogen and oxygen atoms in total. The van der Waals surface area contributed by atoms with Gasteiger partial charge < -0.3 is 10.1 Å². The van der Waals surface area contributed by atoms with E-state index in [9.17, 15) is 13.2 Å². The van der Waals surface area contributed by atoms with Gasteiger partial charge >= 0.3 is 0 Å². The average Bonchev–Trinajstić information content (AvgIpc) is 2.89. The Labute approximate surface area is 141 Å². The number of carbonyl (C=O) groups excluding carboxylic acids is 1. The van der Waals surface area contributed by atoms with Gasteiger partial charge in [0, 0.05) is 6.04 Å². The minimum absolute atomic E-state index is 0.0442. The van der Waals surface area contributed by atoms with Crippen molar-refractivity contribution in [2.45, 2.75) is 18.9 Å². The molecule has 0 bridgehead atoms. The number of benzene rings is 2. The Balaban J connectivity index is 1.53. The van der Waals surface area contributed by atoms with Crippen LogP contribution in [-0.2, 0) is 21.1 Å². The van der Waals surface area contributed by atoms with Crippen molar-refractivity contribution in [3.05, 3.63) is 60.2 Å². The lowest BCUT2D eigenvalue weighted by Gasteiger charge is -2.11. The highest BCUT2D eigenvalue weighted by molar-refractivity contribution is 7.91. The summed E-state index contributed by atoms with van der Waals surface area (Å²) in [5.74, 6) is 1.50. The second-order valence-electron chi connectivity index (χ2n) is 5.90. The van der Waals surface area contributed by atoms with E-state index in [1.165, 1.54) is 0 Å². The fourth-order valence-corrected chi connectivity index (χ4v) is 4.35. The van der Waals surface area contributed by atoms with Gasteiger partial charge in [0.1, 0.15) is 11.5 Å². The SMILES string of the molecule is O=C(Cc1ccc(Oc2ccccc2)cc1)NC1CCS(=O)(=O)C1. The van der Waals surface area contributed by atoms with E-state index in [4.69, 9.17) is 4.74 Å². The van der Waals surface area contributed by atoms with Crippen LogP contribution in [0.2, 0.25) is 0 Å². The Kier molecular flexibility index (Phi) is 4.85. The van der Waals surface area contributed by atoms with Crippen molar-refractivity contribution < 1.29 is 17.9 Å². The summed E-state index contributed by atoms with van der Waals surface area (Å²) >= 11 is 0. The summed E-state index contributed by atoms with van der Waals surface area (Å²) in [5, 5.41) is 2.79. The van der Waals surface area contributed by atoms with Crippen LogP contribution in [0.15, 0.2) is 54.6 Å². The molecule has 1 aliphatic rings. The third-order valence-electron chi connectivity index (χ3n) is 3.86. The number of hydrogen-bond acceptors (Lipinski definition) is 4. The van der Waals surface area contributed by atoms with Crippen molar-refractivity contribution in [1.29, 1.82) is 0 Å². The first-order valence-corrected chi connectivity index (χ1v) is 9.64. The highest BCUT2D eigenvalue weighted by atomic mass is 32.2. The number of hydrogen-bond donors (Lipinski definition) is 1. The second kappa shape index (κ2) is 7.05. The van der Waals surface area contributed by atoms with Crippen molar-refractivity contribution in [3.63, 3.8) is 0 Å². The molecule has 1 N–H and O–H groups in total. The molecule has 1 fully saturated rings. The molecule has 0 aromatic heterocycles. The normalized spacial score (nSPS) is 18.9. The molecule has 126 valence electrons. The molecule has 0 saturated carbocycles. The molecule has 2 aromatic carbocycles. The summed E-state index contributed by atoms with van der Waals surface area (Å²) in [4.78, 5) is 12.0. The van der Waals surface area contributed by atoms with Gasteiger partial charge in [0.25, 0.3) is 0 Å². The van der Waals surface area contributed by atoms with E-state index >= 15 is 0 Å². The van der Waals surface area contributed by atoms with E-state index in [2.05, 4.69) is 5.32 Å². The molecule has 1 atom stereocenters. The molecule has 1 heterocycles. The van der Waals surface area contributed by atoms with Crippen molar-refractivity contribution in [2.75, 3.05) is 11.5 Å². The van der Waals surface area contributed by atoms with Gasteiger partial charge in [-0.1, -0.05) is 30.3 Å². The van der Waals surface area contributed by atoms with Gasteiger partial charge in [0.15, 0.2) is 9.84 Å². The molecule has 1 unspecified atom stereocenters. The van der Waals surface area contributed by atoms with E-state index in [1.807, 2.05) is 54.6 Å². The van der Waals surface area contributed by atoms with Gasteiger partial charge in [-0.25, -0.2) is 8.42 Å². The summed E-state index contributed by atoms with van der Waals surface area (Å²) in [5.41, 5.74) is 0.855. The second-order valence-corrected chi connectivity index (χ2v) is 8.13.